The van der Waals surface area contributed by atoms with Crippen LogP contribution in [0.5, 0.6) is 0 Å². The first-order chi connectivity index (χ1) is 6.99. The number of amidine groups is 1. The summed E-state index contributed by atoms with van der Waals surface area (Å²) in [6.45, 7) is 8.36. The molecule has 4 heteroatoms. The number of ether oxygens (including phenoxy) is 1. The molecule has 2 saturated heterocycles. The van der Waals surface area contributed by atoms with Crippen LogP contribution in [0.1, 0.15) is 33.6 Å². The molecule has 0 unspecified atom stereocenters. The number of hydrogen-bond donors (Lipinski definition) is 1. The van der Waals surface area contributed by atoms with Crippen molar-refractivity contribution >= 4 is 16.9 Å². The van der Waals surface area contributed by atoms with Gasteiger partial charge in [0.1, 0.15) is 0 Å². The largest absolute Gasteiger partial charge is 0.381 e. The highest BCUT2D eigenvalue weighted by atomic mass is 32.2. The van der Waals surface area contributed by atoms with E-state index in [1.165, 1.54) is 0 Å². The Kier molecular flexibility index (Phi) is 2.99. The summed E-state index contributed by atoms with van der Waals surface area (Å²) in [6.07, 6.45) is 2.08. The van der Waals surface area contributed by atoms with Gasteiger partial charge in [-0.25, -0.2) is 0 Å². The number of aliphatic imine (C=N–C) groups is 1. The molecule has 2 rings (SSSR count). The molecule has 3 nitrogen and oxygen atoms in total. The Morgan fingerprint density at radius 2 is 1.93 bits per heavy atom. The lowest BCUT2D eigenvalue weighted by molar-refractivity contribution is 0.0602. The van der Waals surface area contributed by atoms with E-state index in [-0.39, 0.29) is 11.1 Å². The maximum Gasteiger partial charge on any atom is 0.157 e. The van der Waals surface area contributed by atoms with E-state index in [0.29, 0.717) is 0 Å². The topological polar surface area (TPSA) is 33.6 Å². The molecule has 1 N–H and O–H groups in total. The normalized spacial score (nSPS) is 31.5. The maximum absolute atomic E-state index is 5.37. The van der Waals surface area contributed by atoms with E-state index in [2.05, 4.69) is 26.1 Å². The first-order valence-corrected chi connectivity index (χ1v) is 6.56. The van der Waals surface area contributed by atoms with Gasteiger partial charge in [-0.2, -0.15) is 0 Å². The van der Waals surface area contributed by atoms with E-state index in [0.717, 1.165) is 37.0 Å². The molecule has 0 amide bonds. The van der Waals surface area contributed by atoms with Crippen LogP contribution >= 0.6 is 11.8 Å². The van der Waals surface area contributed by atoms with Gasteiger partial charge in [0.05, 0.1) is 5.54 Å². The summed E-state index contributed by atoms with van der Waals surface area (Å²) in [4.78, 5) is 4.85. The molecular formula is C11H20N2OS. The van der Waals surface area contributed by atoms with Crippen molar-refractivity contribution in [1.82, 2.24) is 5.32 Å². The van der Waals surface area contributed by atoms with Crippen LogP contribution in [0.4, 0.5) is 0 Å². The van der Waals surface area contributed by atoms with Crippen LogP contribution in [0, 0.1) is 0 Å². The molecular weight excluding hydrogens is 208 g/mol. The lowest BCUT2D eigenvalue weighted by atomic mass is 9.94. The SMILES string of the molecule is CC1(N=C2NC(C)(C)CS2)CCOCC1. The van der Waals surface area contributed by atoms with Crippen molar-refractivity contribution in [3.8, 4) is 0 Å². The highest BCUT2D eigenvalue weighted by Crippen LogP contribution is 2.29. The Balaban J connectivity index is 2.03. The summed E-state index contributed by atoms with van der Waals surface area (Å²) in [5, 5.41) is 4.59. The van der Waals surface area contributed by atoms with Crippen molar-refractivity contribution in [3.63, 3.8) is 0 Å². The minimum atomic E-state index is 0.0913. The predicted octanol–water partition coefficient (Wildman–Crippen LogP) is 2.03. The lowest BCUT2D eigenvalue weighted by Gasteiger charge is -2.30. The molecule has 15 heavy (non-hydrogen) atoms. The van der Waals surface area contributed by atoms with E-state index < -0.39 is 0 Å². The zero-order valence-corrected chi connectivity index (χ0v) is 10.6. The van der Waals surface area contributed by atoms with Gasteiger partial charge in [-0.1, -0.05) is 11.8 Å². The van der Waals surface area contributed by atoms with Crippen molar-refractivity contribution in [2.45, 2.75) is 44.7 Å². The van der Waals surface area contributed by atoms with Crippen molar-refractivity contribution in [1.29, 1.82) is 0 Å². The monoisotopic (exact) mass is 228 g/mol. The van der Waals surface area contributed by atoms with Crippen LogP contribution in [-0.4, -0.2) is 35.2 Å². The first kappa shape index (κ1) is 11.3. The number of nitrogens with zero attached hydrogens (tertiary/aromatic N) is 1. The number of hydrogen-bond acceptors (Lipinski definition) is 3. The Hall–Kier alpha value is -0.220. The Morgan fingerprint density at radius 1 is 1.27 bits per heavy atom. The van der Waals surface area contributed by atoms with Gasteiger partial charge in [0.25, 0.3) is 0 Å². The summed E-state index contributed by atoms with van der Waals surface area (Å²) < 4.78 is 5.37. The molecule has 86 valence electrons. The first-order valence-electron chi connectivity index (χ1n) is 5.58. The molecule has 0 spiro atoms. The van der Waals surface area contributed by atoms with Crippen molar-refractivity contribution < 1.29 is 4.74 Å². The van der Waals surface area contributed by atoms with Gasteiger partial charge in [0.15, 0.2) is 5.17 Å². The number of thioether (sulfide) groups is 1. The average molecular weight is 228 g/mol. The van der Waals surface area contributed by atoms with Gasteiger partial charge in [-0.3, -0.25) is 4.99 Å². The van der Waals surface area contributed by atoms with Gasteiger partial charge in [-0.15, -0.1) is 0 Å². The van der Waals surface area contributed by atoms with E-state index in [1.54, 1.807) is 0 Å². The molecule has 0 atom stereocenters. The molecule has 2 aliphatic heterocycles. The third kappa shape index (κ3) is 2.88. The van der Waals surface area contributed by atoms with Crippen LogP contribution in [0.2, 0.25) is 0 Å². The minimum absolute atomic E-state index is 0.0913. The summed E-state index contributed by atoms with van der Waals surface area (Å²) in [7, 11) is 0. The molecule has 0 radical (unpaired) electrons. The van der Waals surface area contributed by atoms with Crippen LogP contribution < -0.4 is 5.32 Å². The fourth-order valence-corrected chi connectivity index (χ4v) is 3.04. The second kappa shape index (κ2) is 3.98. The second-order valence-electron chi connectivity index (χ2n) is 5.32. The van der Waals surface area contributed by atoms with Crippen molar-refractivity contribution in [3.05, 3.63) is 0 Å². The Labute approximate surface area is 96.1 Å². The van der Waals surface area contributed by atoms with E-state index in [9.17, 15) is 0 Å². The Bertz CT molecular complexity index is 270. The lowest BCUT2D eigenvalue weighted by Crippen LogP contribution is -2.39. The third-order valence-electron chi connectivity index (χ3n) is 2.96. The molecule has 0 saturated carbocycles. The molecule has 0 aromatic carbocycles. The quantitative estimate of drug-likeness (QED) is 0.745. The fourth-order valence-electron chi connectivity index (χ4n) is 1.84. The summed E-state index contributed by atoms with van der Waals surface area (Å²) in [6, 6.07) is 0. The van der Waals surface area contributed by atoms with E-state index >= 15 is 0 Å². The van der Waals surface area contributed by atoms with Crippen LogP contribution in [0.15, 0.2) is 4.99 Å². The van der Waals surface area contributed by atoms with Gasteiger partial charge in [-0.05, 0) is 33.6 Å². The van der Waals surface area contributed by atoms with Crippen LogP contribution in [-0.2, 0) is 4.74 Å². The van der Waals surface area contributed by atoms with Gasteiger partial charge >= 0.3 is 0 Å². The van der Waals surface area contributed by atoms with E-state index in [1.807, 2.05) is 11.8 Å². The number of nitrogens with one attached hydrogen (secondary N) is 1. The third-order valence-corrected chi connectivity index (χ3v) is 4.29. The van der Waals surface area contributed by atoms with E-state index in [4.69, 9.17) is 9.73 Å². The summed E-state index contributed by atoms with van der Waals surface area (Å²) >= 11 is 1.84. The van der Waals surface area contributed by atoms with Crippen molar-refractivity contribution in [2.75, 3.05) is 19.0 Å². The smallest absolute Gasteiger partial charge is 0.157 e. The zero-order chi connectivity index (χ0) is 10.9. The molecule has 0 bridgehead atoms. The summed E-state index contributed by atoms with van der Waals surface area (Å²) in [5.74, 6) is 1.11. The molecule has 0 aromatic heterocycles. The molecule has 2 heterocycles. The highest BCUT2D eigenvalue weighted by molar-refractivity contribution is 8.14. The van der Waals surface area contributed by atoms with Gasteiger partial charge < -0.3 is 10.1 Å². The zero-order valence-electron chi connectivity index (χ0n) is 9.80. The number of rotatable bonds is 1. The molecule has 2 fully saturated rings. The van der Waals surface area contributed by atoms with Crippen LogP contribution in [0.3, 0.4) is 0 Å². The highest BCUT2D eigenvalue weighted by Gasteiger charge is 2.32. The molecule has 2 aliphatic rings. The minimum Gasteiger partial charge on any atom is -0.381 e. The molecule has 0 aliphatic carbocycles. The van der Waals surface area contributed by atoms with Gasteiger partial charge in [0.2, 0.25) is 0 Å². The molecule has 0 aromatic rings. The predicted molar refractivity (Wildman–Crippen MR) is 65.6 cm³/mol. The fraction of sp³-hybridized carbons (Fsp3) is 0.909. The second-order valence-corrected chi connectivity index (χ2v) is 6.29. The maximum atomic E-state index is 5.37. The van der Waals surface area contributed by atoms with Gasteiger partial charge in [0, 0.05) is 24.5 Å². The average Bonchev–Trinajstić information content (AvgIpc) is 2.45. The van der Waals surface area contributed by atoms with Crippen LogP contribution in [0.25, 0.3) is 0 Å². The Morgan fingerprint density at radius 3 is 2.47 bits per heavy atom. The van der Waals surface area contributed by atoms with Crippen molar-refractivity contribution in [2.24, 2.45) is 4.99 Å². The standard InChI is InChI=1S/C11H20N2OS/c1-10(2)8-15-9(12-10)13-11(3)4-6-14-7-5-11/h4-8H2,1-3H3,(H,12,13). The summed E-state index contributed by atoms with van der Waals surface area (Å²) in [5.41, 5.74) is 0.291.